The first-order chi connectivity index (χ1) is 15.5. The average molecular weight is 457 g/mol. The number of nitrogens with zero attached hydrogens (tertiary/aromatic N) is 3. The van der Waals surface area contributed by atoms with E-state index in [-0.39, 0.29) is 0 Å². The molecule has 0 aliphatic heterocycles. The van der Waals surface area contributed by atoms with Crippen molar-refractivity contribution in [3.8, 4) is 6.07 Å². The number of aromatic nitrogens is 3. The van der Waals surface area contributed by atoms with Crippen LogP contribution >= 0.6 is 23.2 Å². The van der Waals surface area contributed by atoms with Crippen LogP contribution in [0.2, 0.25) is 10.0 Å². The summed E-state index contributed by atoms with van der Waals surface area (Å²) < 4.78 is 2.13. The SMILES string of the molecule is Cc1ccc2nc(/C(C#N)=C\c3cn(Cc4ccc(Cl)cc4Cl)c4ccccc34)[nH]c2c1. The standard InChI is InChI=1S/C26H18Cl2N4/c1-16-6-9-23-24(10-16)31-26(30-23)18(13-29)11-19-15-32(25-5-3-2-4-21(19)25)14-17-7-8-20(27)12-22(17)28/h2-12,15H,14H2,1H3,(H,30,31)/b18-11-. The molecule has 1 N–H and O–H groups in total. The van der Waals surface area contributed by atoms with Crippen LogP contribution in [-0.4, -0.2) is 14.5 Å². The molecule has 4 nitrogen and oxygen atoms in total. The smallest absolute Gasteiger partial charge is 0.149 e. The Balaban J connectivity index is 1.60. The molecule has 2 aromatic heterocycles. The van der Waals surface area contributed by atoms with Crippen molar-refractivity contribution in [3.63, 3.8) is 0 Å². The molecule has 0 saturated heterocycles. The lowest BCUT2D eigenvalue weighted by atomic mass is 10.1. The molecule has 156 valence electrons. The van der Waals surface area contributed by atoms with E-state index in [9.17, 15) is 5.26 Å². The molecule has 0 amide bonds. The molecule has 0 spiro atoms. The number of nitrogens with one attached hydrogen (secondary N) is 1. The topological polar surface area (TPSA) is 57.4 Å². The molecule has 6 heteroatoms. The summed E-state index contributed by atoms with van der Waals surface area (Å²) in [4.78, 5) is 7.89. The molecule has 0 saturated carbocycles. The van der Waals surface area contributed by atoms with Crippen LogP contribution in [0.25, 0.3) is 33.6 Å². The molecular weight excluding hydrogens is 439 g/mol. The number of aromatic amines is 1. The third kappa shape index (κ3) is 3.78. The number of imidazole rings is 1. The van der Waals surface area contributed by atoms with Gasteiger partial charge in [-0.3, -0.25) is 0 Å². The highest BCUT2D eigenvalue weighted by Crippen LogP contribution is 2.29. The van der Waals surface area contributed by atoms with Crippen molar-refractivity contribution in [2.75, 3.05) is 0 Å². The second-order valence-electron chi connectivity index (χ2n) is 7.74. The van der Waals surface area contributed by atoms with Gasteiger partial charge in [-0.2, -0.15) is 5.26 Å². The summed E-state index contributed by atoms with van der Waals surface area (Å²) in [5.41, 5.74) is 6.35. The van der Waals surface area contributed by atoms with Crippen LogP contribution in [0.5, 0.6) is 0 Å². The van der Waals surface area contributed by atoms with Crippen LogP contribution in [0.1, 0.15) is 22.5 Å². The first-order valence-corrected chi connectivity index (χ1v) is 10.9. The monoisotopic (exact) mass is 456 g/mol. The number of benzene rings is 3. The van der Waals surface area contributed by atoms with Gasteiger partial charge < -0.3 is 9.55 Å². The summed E-state index contributed by atoms with van der Waals surface area (Å²) in [6, 6.07) is 21.9. The minimum Gasteiger partial charge on any atom is -0.342 e. The molecule has 32 heavy (non-hydrogen) atoms. The number of rotatable bonds is 4. The fraction of sp³-hybridized carbons (Fsp3) is 0.0769. The molecule has 0 fully saturated rings. The highest BCUT2D eigenvalue weighted by Gasteiger charge is 2.13. The number of fused-ring (bicyclic) bond motifs is 2. The highest BCUT2D eigenvalue weighted by atomic mass is 35.5. The quantitative estimate of drug-likeness (QED) is 0.289. The molecule has 5 aromatic rings. The van der Waals surface area contributed by atoms with Gasteiger partial charge in [0.05, 0.1) is 16.6 Å². The Kier molecular flexibility index (Phi) is 5.22. The fourth-order valence-corrected chi connectivity index (χ4v) is 4.38. The summed E-state index contributed by atoms with van der Waals surface area (Å²) in [6.07, 6.45) is 3.92. The lowest BCUT2D eigenvalue weighted by Gasteiger charge is -2.08. The number of para-hydroxylation sites is 1. The zero-order valence-electron chi connectivity index (χ0n) is 17.2. The summed E-state index contributed by atoms with van der Waals surface area (Å²) in [7, 11) is 0. The summed E-state index contributed by atoms with van der Waals surface area (Å²) >= 11 is 12.5. The Labute approximate surface area is 195 Å². The Morgan fingerprint density at radius 2 is 1.97 bits per heavy atom. The maximum atomic E-state index is 9.88. The minimum atomic E-state index is 0.478. The van der Waals surface area contributed by atoms with Crippen LogP contribution in [0.15, 0.2) is 66.9 Å². The zero-order valence-corrected chi connectivity index (χ0v) is 18.7. The van der Waals surface area contributed by atoms with E-state index < -0.39 is 0 Å². The van der Waals surface area contributed by atoms with Crippen LogP contribution in [-0.2, 0) is 6.54 Å². The number of allylic oxidation sites excluding steroid dienone is 1. The maximum Gasteiger partial charge on any atom is 0.149 e. The minimum absolute atomic E-state index is 0.478. The number of halogens is 2. The largest absolute Gasteiger partial charge is 0.342 e. The van der Waals surface area contributed by atoms with Crippen molar-refractivity contribution in [1.82, 2.24) is 14.5 Å². The molecule has 0 aliphatic rings. The van der Waals surface area contributed by atoms with E-state index in [4.69, 9.17) is 23.2 Å². The number of H-pyrrole nitrogens is 1. The average Bonchev–Trinajstić information content (AvgIpc) is 3.35. The Morgan fingerprint density at radius 1 is 1.12 bits per heavy atom. The predicted molar refractivity (Wildman–Crippen MR) is 132 cm³/mol. The van der Waals surface area contributed by atoms with Crippen LogP contribution in [0.4, 0.5) is 0 Å². The third-order valence-corrected chi connectivity index (χ3v) is 6.07. The molecule has 0 aliphatic carbocycles. The van der Waals surface area contributed by atoms with Gasteiger partial charge in [0.25, 0.3) is 0 Å². The van der Waals surface area contributed by atoms with Crippen molar-refractivity contribution < 1.29 is 0 Å². The molecule has 5 rings (SSSR count). The second kappa shape index (κ2) is 8.20. The van der Waals surface area contributed by atoms with Crippen molar-refractivity contribution in [3.05, 3.63) is 99.4 Å². The van der Waals surface area contributed by atoms with Gasteiger partial charge in [0.1, 0.15) is 11.9 Å². The van der Waals surface area contributed by atoms with Gasteiger partial charge in [0, 0.05) is 39.3 Å². The van der Waals surface area contributed by atoms with E-state index >= 15 is 0 Å². The number of nitriles is 1. The molecule has 3 aromatic carbocycles. The van der Waals surface area contributed by atoms with E-state index in [0.717, 1.165) is 38.6 Å². The molecule has 0 radical (unpaired) electrons. The van der Waals surface area contributed by atoms with Gasteiger partial charge in [-0.05, 0) is 54.5 Å². The van der Waals surface area contributed by atoms with Gasteiger partial charge in [-0.15, -0.1) is 0 Å². The maximum absolute atomic E-state index is 9.88. The second-order valence-corrected chi connectivity index (χ2v) is 8.58. The lowest BCUT2D eigenvalue weighted by Crippen LogP contribution is -1.98. The Hall–Kier alpha value is -3.52. The number of hydrogen-bond donors (Lipinski definition) is 1. The van der Waals surface area contributed by atoms with Crippen LogP contribution in [0.3, 0.4) is 0 Å². The van der Waals surface area contributed by atoms with Crippen molar-refractivity contribution in [1.29, 1.82) is 5.26 Å². The van der Waals surface area contributed by atoms with Crippen LogP contribution < -0.4 is 0 Å². The number of hydrogen-bond acceptors (Lipinski definition) is 2. The van der Waals surface area contributed by atoms with Gasteiger partial charge in [0.15, 0.2) is 0 Å². The predicted octanol–water partition coefficient (Wildman–Crippen LogP) is 7.25. The normalized spacial score (nSPS) is 11.9. The molecule has 2 heterocycles. The van der Waals surface area contributed by atoms with Crippen LogP contribution in [0, 0.1) is 18.3 Å². The van der Waals surface area contributed by atoms with Crippen molar-refractivity contribution >= 4 is 56.8 Å². The van der Waals surface area contributed by atoms with E-state index in [1.165, 1.54) is 0 Å². The Morgan fingerprint density at radius 3 is 2.78 bits per heavy atom. The van der Waals surface area contributed by atoms with Gasteiger partial charge in [-0.1, -0.05) is 53.5 Å². The first-order valence-electron chi connectivity index (χ1n) is 10.1. The number of aryl methyl sites for hydroxylation is 1. The van der Waals surface area contributed by atoms with Gasteiger partial charge in [0.2, 0.25) is 0 Å². The highest BCUT2D eigenvalue weighted by molar-refractivity contribution is 6.35. The van der Waals surface area contributed by atoms with E-state index in [1.54, 1.807) is 6.07 Å². The first kappa shape index (κ1) is 20.4. The van der Waals surface area contributed by atoms with E-state index in [0.29, 0.717) is 28.0 Å². The molecule has 0 unspecified atom stereocenters. The summed E-state index contributed by atoms with van der Waals surface area (Å²) in [5.74, 6) is 0.561. The molecular formula is C26H18Cl2N4. The van der Waals surface area contributed by atoms with E-state index in [1.807, 2.05) is 61.7 Å². The third-order valence-electron chi connectivity index (χ3n) is 5.49. The van der Waals surface area contributed by atoms with Gasteiger partial charge >= 0.3 is 0 Å². The molecule has 0 atom stereocenters. The fourth-order valence-electron chi connectivity index (χ4n) is 3.91. The summed E-state index contributed by atoms with van der Waals surface area (Å²) in [5, 5.41) is 12.2. The van der Waals surface area contributed by atoms with Crippen molar-refractivity contribution in [2.24, 2.45) is 0 Å². The zero-order chi connectivity index (χ0) is 22.2. The molecule has 0 bridgehead atoms. The lowest BCUT2D eigenvalue weighted by molar-refractivity contribution is 0.836. The van der Waals surface area contributed by atoms with Gasteiger partial charge in [-0.25, -0.2) is 4.98 Å². The van der Waals surface area contributed by atoms with E-state index in [2.05, 4.69) is 32.7 Å². The Bertz CT molecular complexity index is 1550. The van der Waals surface area contributed by atoms with Crippen molar-refractivity contribution in [2.45, 2.75) is 13.5 Å². The summed E-state index contributed by atoms with van der Waals surface area (Å²) in [6.45, 7) is 2.62.